The highest BCUT2D eigenvalue weighted by atomic mass is 16.5. The number of benzene rings is 2. The molecule has 0 fully saturated rings. The number of rotatable bonds is 7. The van der Waals surface area contributed by atoms with E-state index in [4.69, 9.17) is 9.47 Å². The number of hydrogen-bond donors (Lipinski definition) is 2. The monoisotopic (exact) mass is 489 g/mol. The lowest BCUT2D eigenvalue weighted by molar-refractivity contribution is 0.0517. The molecule has 0 aliphatic heterocycles. The third-order valence-corrected chi connectivity index (χ3v) is 5.21. The number of hydrogen-bond acceptors (Lipinski definition) is 9. The highest BCUT2D eigenvalue weighted by Gasteiger charge is 2.16. The maximum atomic E-state index is 12.8. The molecule has 0 saturated carbocycles. The Kier molecular flexibility index (Phi) is 6.91. The number of anilines is 2. The number of aromatic amines is 1. The van der Waals surface area contributed by atoms with Crippen LogP contribution in [0.4, 0.5) is 11.6 Å². The minimum Gasteiger partial charge on any atom is -0.462 e. The van der Waals surface area contributed by atoms with Gasteiger partial charge in [-0.25, -0.2) is 14.6 Å². The first-order valence-electron chi connectivity index (χ1n) is 11.2. The molecule has 4 aromatic rings. The summed E-state index contributed by atoms with van der Waals surface area (Å²) in [4.78, 5) is 60.5. The van der Waals surface area contributed by atoms with Gasteiger partial charge in [0, 0.05) is 5.69 Å². The minimum atomic E-state index is -0.839. The Hall–Kier alpha value is -4.80. The molecule has 0 amide bonds. The van der Waals surface area contributed by atoms with Gasteiger partial charge in [0.25, 0.3) is 0 Å². The number of carbonyl (C=O) groups is 2. The van der Waals surface area contributed by atoms with E-state index in [1.54, 1.807) is 45.0 Å². The summed E-state index contributed by atoms with van der Waals surface area (Å²) >= 11 is 0. The van der Waals surface area contributed by atoms with Gasteiger partial charge in [-0.3, -0.25) is 14.2 Å². The molecule has 0 saturated heterocycles. The molecule has 0 radical (unpaired) electrons. The van der Waals surface area contributed by atoms with E-state index >= 15 is 0 Å². The van der Waals surface area contributed by atoms with Gasteiger partial charge in [-0.05, 0) is 69.3 Å². The van der Waals surface area contributed by atoms with E-state index in [1.165, 1.54) is 24.3 Å². The molecule has 11 nitrogen and oxygen atoms in total. The van der Waals surface area contributed by atoms with Crippen LogP contribution in [0.3, 0.4) is 0 Å². The van der Waals surface area contributed by atoms with Crippen LogP contribution < -0.4 is 16.4 Å². The molecule has 2 heterocycles. The molecule has 0 spiro atoms. The first kappa shape index (κ1) is 24.3. The molecule has 2 aromatic carbocycles. The van der Waals surface area contributed by atoms with E-state index in [0.29, 0.717) is 28.2 Å². The molecule has 0 bridgehead atoms. The average Bonchev–Trinajstić information content (AvgIpc) is 2.86. The second-order valence-electron chi connectivity index (χ2n) is 7.62. The predicted molar refractivity (Wildman–Crippen MR) is 132 cm³/mol. The van der Waals surface area contributed by atoms with Gasteiger partial charge in [-0.2, -0.15) is 4.98 Å². The van der Waals surface area contributed by atoms with Crippen LogP contribution in [-0.2, 0) is 9.47 Å². The first-order chi connectivity index (χ1) is 17.3. The van der Waals surface area contributed by atoms with Crippen molar-refractivity contribution in [2.75, 3.05) is 18.5 Å². The second kappa shape index (κ2) is 10.2. The number of H-pyrrole nitrogens is 1. The summed E-state index contributed by atoms with van der Waals surface area (Å²) in [5.74, 6) is -0.748. The van der Waals surface area contributed by atoms with Gasteiger partial charge in [0.2, 0.25) is 5.95 Å². The number of carbonyl (C=O) groups excluding carboxylic acids is 2. The molecule has 2 N–H and O–H groups in total. The third kappa shape index (κ3) is 4.85. The number of nitrogens with one attached hydrogen (secondary N) is 2. The molecular formula is C25H23N5O6. The molecule has 184 valence electrons. The van der Waals surface area contributed by atoms with Crippen LogP contribution in [0.2, 0.25) is 0 Å². The highest BCUT2D eigenvalue weighted by Crippen LogP contribution is 2.20. The SMILES string of the molecule is CCOC(=O)c1ccc(Nc2nc(C)c3[nH]c(=O)c(=O)n(-c4ccc(C(=O)OCC)cc4)c3n2)cc1. The third-order valence-electron chi connectivity index (χ3n) is 5.21. The fourth-order valence-corrected chi connectivity index (χ4v) is 3.52. The van der Waals surface area contributed by atoms with Gasteiger partial charge in [0.15, 0.2) is 5.65 Å². The van der Waals surface area contributed by atoms with Gasteiger partial charge >= 0.3 is 23.1 Å². The van der Waals surface area contributed by atoms with Gasteiger partial charge in [0.05, 0.1) is 35.7 Å². The summed E-state index contributed by atoms with van der Waals surface area (Å²) in [6.07, 6.45) is 0. The van der Waals surface area contributed by atoms with Crippen molar-refractivity contribution in [3.8, 4) is 5.69 Å². The van der Waals surface area contributed by atoms with E-state index in [1.807, 2.05) is 0 Å². The van der Waals surface area contributed by atoms with E-state index in [9.17, 15) is 19.2 Å². The summed E-state index contributed by atoms with van der Waals surface area (Å²) in [6, 6.07) is 12.6. The molecule has 36 heavy (non-hydrogen) atoms. The number of esters is 2. The van der Waals surface area contributed by atoms with Crippen LogP contribution in [0.1, 0.15) is 40.3 Å². The maximum Gasteiger partial charge on any atom is 0.338 e. The number of fused-ring (bicyclic) bond motifs is 1. The Morgan fingerprint density at radius 3 is 2.00 bits per heavy atom. The lowest BCUT2D eigenvalue weighted by atomic mass is 10.2. The van der Waals surface area contributed by atoms with Crippen molar-refractivity contribution in [1.29, 1.82) is 0 Å². The number of aromatic nitrogens is 4. The Morgan fingerprint density at radius 1 is 0.889 bits per heavy atom. The highest BCUT2D eigenvalue weighted by molar-refractivity contribution is 5.90. The zero-order valence-corrected chi connectivity index (χ0v) is 19.8. The van der Waals surface area contributed by atoms with Gasteiger partial charge in [0.1, 0.15) is 5.52 Å². The summed E-state index contributed by atoms with van der Waals surface area (Å²) in [5, 5.41) is 3.04. The molecule has 0 aliphatic carbocycles. The van der Waals surface area contributed by atoms with Gasteiger partial charge in [-0.15, -0.1) is 0 Å². The second-order valence-corrected chi connectivity index (χ2v) is 7.62. The summed E-state index contributed by atoms with van der Waals surface area (Å²) < 4.78 is 11.1. The fraction of sp³-hybridized carbons (Fsp3) is 0.200. The van der Waals surface area contributed by atoms with Crippen molar-refractivity contribution < 1.29 is 19.1 Å². The lowest BCUT2D eigenvalue weighted by Gasteiger charge is -2.13. The van der Waals surface area contributed by atoms with E-state index in [0.717, 1.165) is 4.57 Å². The van der Waals surface area contributed by atoms with Crippen LogP contribution in [0.5, 0.6) is 0 Å². The lowest BCUT2D eigenvalue weighted by Crippen LogP contribution is -2.36. The van der Waals surface area contributed by atoms with E-state index < -0.39 is 23.1 Å². The van der Waals surface area contributed by atoms with Crippen LogP contribution in [0.25, 0.3) is 16.9 Å². The van der Waals surface area contributed by atoms with Crippen LogP contribution in [-0.4, -0.2) is 44.7 Å². The van der Waals surface area contributed by atoms with Crippen LogP contribution in [0, 0.1) is 6.92 Å². The summed E-state index contributed by atoms with van der Waals surface area (Å²) in [5.41, 5.74) is 0.857. The van der Waals surface area contributed by atoms with Crippen molar-refractivity contribution in [2.45, 2.75) is 20.8 Å². The smallest absolute Gasteiger partial charge is 0.338 e. The fourth-order valence-electron chi connectivity index (χ4n) is 3.52. The Labute approximate surface area is 204 Å². The van der Waals surface area contributed by atoms with Crippen molar-refractivity contribution in [3.05, 3.63) is 86.1 Å². The normalized spacial score (nSPS) is 10.8. The summed E-state index contributed by atoms with van der Waals surface area (Å²) in [7, 11) is 0. The zero-order chi connectivity index (χ0) is 25.8. The largest absolute Gasteiger partial charge is 0.462 e. The Morgan fingerprint density at radius 2 is 1.44 bits per heavy atom. The van der Waals surface area contributed by atoms with Gasteiger partial charge < -0.3 is 19.8 Å². The number of aryl methyl sites for hydroxylation is 1. The number of ether oxygens (including phenoxy) is 2. The molecule has 0 aliphatic rings. The molecular weight excluding hydrogens is 466 g/mol. The quantitative estimate of drug-likeness (QED) is 0.296. The van der Waals surface area contributed by atoms with Crippen molar-refractivity contribution in [1.82, 2.24) is 19.5 Å². The average molecular weight is 489 g/mol. The molecule has 0 unspecified atom stereocenters. The Bertz CT molecular complexity index is 1560. The molecule has 4 rings (SSSR count). The van der Waals surface area contributed by atoms with E-state index in [-0.39, 0.29) is 30.3 Å². The van der Waals surface area contributed by atoms with Crippen molar-refractivity contribution in [3.63, 3.8) is 0 Å². The summed E-state index contributed by atoms with van der Waals surface area (Å²) in [6.45, 7) is 5.62. The standard InChI is InChI=1S/C25H23N5O6/c1-4-35-23(33)15-6-10-17(11-7-15)27-25-26-14(3)19-20(29-25)30(22(32)21(31)28-19)18-12-8-16(9-13-18)24(34)36-5-2/h6-13H,4-5H2,1-3H3,(H,28,31)(H,26,27,29). The zero-order valence-electron chi connectivity index (χ0n) is 19.8. The molecule has 2 aromatic heterocycles. The minimum absolute atomic E-state index is 0.168. The van der Waals surface area contributed by atoms with Crippen molar-refractivity contribution in [2.24, 2.45) is 0 Å². The number of nitrogens with zero attached hydrogens (tertiary/aromatic N) is 3. The maximum absolute atomic E-state index is 12.8. The molecule has 0 atom stereocenters. The molecule has 11 heteroatoms. The predicted octanol–water partition coefficient (Wildman–Crippen LogP) is 2.87. The van der Waals surface area contributed by atoms with Crippen LogP contribution in [0.15, 0.2) is 58.1 Å². The van der Waals surface area contributed by atoms with E-state index in [2.05, 4.69) is 20.3 Å². The van der Waals surface area contributed by atoms with Gasteiger partial charge in [-0.1, -0.05) is 0 Å². The topological polar surface area (TPSA) is 145 Å². The first-order valence-corrected chi connectivity index (χ1v) is 11.2. The Balaban J connectivity index is 1.76. The van der Waals surface area contributed by atoms with Crippen molar-refractivity contribution >= 4 is 34.7 Å². The van der Waals surface area contributed by atoms with Crippen LogP contribution >= 0.6 is 0 Å².